The van der Waals surface area contributed by atoms with Crippen LogP contribution in [0.25, 0.3) is 0 Å². The Hall–Kier alpha value is 0.740. The first-order valence-electron chi connectivity index (χ1n) is 3.07. The summed E-state index contributed by atoms with van der Waals surface area (Å²) in [5.41, 5.74) is 0.525. The second kappa shape index (κ2) is 5.58. The van der Waals surface area contributed by atoms with Crippen LogP contribution in [-0.2, 0) is 11.1 Å². The molecule has 2 nitrogen and oxygen atoms in total. The Kier molecular flexibility index (Phi) is 5.90. The average Bonchev–Trinajstić information content (AvgIpc) is 1.96. The summed E-state index contributed by atoms with van der Waals surface area (Å²) in [6.45, 7) is 1.61. The fourth-order valence-electron chi connectivity index (χ4n) is 0.808. The van der Waals surface area contributed by atoms with Gasteiger partial charge in [0.25, 0.3) is 0 Å². The van der Waals surface area contributed by atoms with Crippen molar-refractivity contribution >= 4 is 27.0 Å². The van der Waals surface area contributed by atoms with Crippen molar-refractivity contribution in [1.82, 2.24) is 0 Å². The maximum atomic E-state index is 12.8. The van der Waals surface area contributed by atoms with Gasteiger partial charge in [-0.1, -0.05) is 0 Å². The molecule has 1 unspecified atom stereocenters. The van der Waals surface area contributed by atoms with E-state index in [4.69, 9.17) is 0 Å². The molecule has 1 atom stereocenters. The summed E-state index contributed by atoms with van der Waals surface area (Å²) in [4.78, 5) is -0.00398. The number of aryl methyl sites for hydroxylation is 1. The van der Waals surface area contributed by atoms with Gasteiger partial charge in [-0.05, 0) is 51.6 Å². The SMILES string of the molecule is Cc1cc(Br)c(F)cc1S(=O)[O-].[Na+]. The van der Waals surface area contributed by atoms with Crippen LogP contribution in [0, 0.1) is 12.7 Å². The van der Waals surface area contributed by atoms with Crippen molar-refractivity contribution in [3.63, 3.8) is 0 Å². The molecule has 0 fully saturated rings. The van der Waals surface area contributed by atoms with Crippen LogP contribution in [0.3, 0.4) is 0 Å². The van der Waals surface area contributed by atoms with Gasteiger partial charge in [-0.2, -0.15) is 0 Å². The monoisotopic (exact) mass is 274 g/mol. The van der Waals surface area contributed by atoms with Crippen LogP contribution >= 0.6 is 15.9 Å². The zero-order valence-corrected chi connectivity index (χ0v) is 11.5. The third-order valence-electron chi connectivity index (χ3n) is 1.40. The molecule has 0 radical (unpaired) electrons. The molecule has 66 valence electrons. The molecule has 0 heterocycles. The number of hydrogen-bond acceptors (Lipinski definition) is 2. The summed E-state index contributed by atoms with van der Waals surface area (Å²) >= 11 is 0.583. The van der Waals surface area contributed by atoms with E-state index in [0.717, 1.165) is 6.07 Å². The molecule has 1 aromatic carbocycles. The van der Waals surface area contributed by atoms with Crippen LogP contribution in [0.4, 0.5) is 4.39 Å². The van der Waals surface area contributed by atoms with E-state index in [0.29, 0.717) is 5.56 Å². The molecule has 1 rings (SSSR count). The Bertz CT molecular complexity index is 346. The molecule has 0 aliphatic carbocycles. The van der Waals surface area contributed by atoms with E-state index < -0.39 is 16.9 Å². The molecule has 13 heavy (non-hydrogen) atoms. The van der Waals surface area contributed by atoms with E-state index in [1.807, 2.05) is 0 Å². The van der Waals surface area contributed by atoms with Crippen molar-refractivity contribution in [1.29, 1.82) is 0 Å². The Labute approximate surface area is 109 Å². The molecule has 1 aromatic rings. The summed E-state index contributed by atoms with van der Waals surface area (Å²) in [5, 5.41) is 0. The van der Waals surface area contributed by atoms with Crippen LogP contribution in [0.5, 0.6) is 0 Å². The van der Waals surface area contributed by atoms with E-state index >= 15 is 0 Å². The van der Waals surface area contributed by atoms with Crippen molar-refractivity contribution in [2.75, 3.05) is 0 Å². The topological polar surface area (TPSA) is 40.1 Å². The second-order valence-corrected chi connectivity index (χ2v) is 4.03. The summed E-state index contributed by atoms with van der Waals surface area (Å²) in [6.07, 6.45) is 0. The number of rotatable bonds is 1. The molecule has 0 saturated carbocycles. The van der Waals surface area contributed by atoms with Gasteiger partial charge >= 0.3 is 29.6 Å². The molecule has 0 aromatic heterocycles. The summed E-state index contributed by atoms with van der Waals surface area (Å²) in [6, 6.07) is 2.42. The van der Waals surface area contributed by atoms with Crippen molar-refractivity contribution in [3.05, 3.63) is 28.0 Å². The Morgan fingerprint density at radius 3 is 2.54 bits per heavy atom. The summed E-state index contributed by atoms with van der Waals surface area (Å²) in [5.74, 6) is -0.570. The molecule has 0 N–H and O–H groups in total. The largest absolute Gasteiger partial charge is 1.00 e. The average molecular weight is 275 g/mol. The number of halogens is 2. The molecule has 0 aliphatic heterocycles. The molecular formula is C7H5BrFNaO2S. The molecule has 0 spiro atoms. The van der Waals surface area contributed by atoms with Crippen molar-refractivity contribution in [2.24, 2.45) is 0 Å². The van der Waals surface area contributed by atoms with Crippen LogP contribution in [0.2, 0.25) is 0 Å². The third kappa shape index (κ3) is 3.42. The van der Waals surface area contributed by atoms with Gasteiger partial charge in [0.05, 0.1) is 4.47 Å². The van der Waals surface area contributed by atoms with E-state index in [1.54, 1.807) is 6.92 Å². The quantitative estimate of drug-likeness (QED) is 0.494. The van der Waals surface area contributed by atoms with Crippen molar-refractivity contribution < 1.29 is 42.7 Å². The Morgan fingerprint density at radius 2 is 2.08 bits per heavy atom. The van der Waals surface area contributed by atoms with Crippen molar-refractivity contribution in [3.8, 4) is 0 Å². The minimum atomic E-state index is -2.37. The molecule has 0 bridgehead atoms. The zero-order chi connectivity index (χ0) is 9.30. The van der Waals surface area contributed by atoms with Gasteiger partial charge in [0.2, 0.25) is 0 Å². The van der Waals surface area contributed by atoms with E-state index in [-0.39, 0.29) is 38.9 Å². The standard InChI is InChI=1S/C7H6BrFO2S.Na/c1-4-2-5(8)6(9)3-7(4)12(10)11;/h2-3H,1H3,(H,10,11);/q;+1/p-1. The first-order chi connectivity index (χ1) is 5.52. The van der Waals surface area contributed by atoms with Gasteiger partial charge in [0.15, 0.2) is 0 Å². The number of benzene rings is 1. The minimum Gasteiger partial charge on any atom is -0.768 e. The molecular weight excluding hydrogens is 270 g/mol. The van der Waals surface area contributed by atoms with Gasteiger partial charge in [-0.3, -0.25) is 4.21 Å². The minimum absolute atomic E-state index is 0. The van der Waals surface area contributed by atoms with Crippen LogP contribution in [0.15, 0.2) is 21.5 Å². The fraction of sp³-hybridized carbons (Fsp3) is 0.143. The van der Waals surface area contributed by atoms with E-state index in [2.05, 4.69) is 15.9 Å². The predicted octanol–water partition coefficient (Wildman–Crippen LogP) is -0.861. The normalized spacial score (nSPS) is 12.0. The maximum Gasteiger partial charge on any atom is 1.00 e. The van der Waals surface area contributed by atoms with E-state index in [9.17, 15) is 13.2 Å². The van der Waals surface area contributed by atoms with Gasteiger partial charge < -0.3 is 4.55 Å². The van der Waals surface area contributed by atoms with Gasteiger partial charge in [0.1, 0.15) is 5.82 Å². The van der Waals surface area contributed by atoms with Crippen LogP contribution in [-0.4, -0.2) is 8.76 Å². The van der Waals surface area contributed by atoms with Gasteiger partial charge in [0, 0.05) is 4.90 Å². The molecule has 0 saturated heterocycles. The predicted molar refractivity (Wildman–Crippen MR) is 46.0 cm³/mol. The summed E-state index contributed by atoms with van der Waals surface area (Å²) in [7, 11) is 0. The van der Waals surface area contributed by atoms with Gasteiger partial charge in [-0.15, -0.1) is 0 Å². The fourth-order valence-corrected chi connectivity index (χ4v) is 1.79. The van der Waals surface area contributed by atoms with Gasteiger partial charge in [-0.25, -0.2) is 4.39 Å². The maximum absolute atomic E-state index is 12.8. The molecule has 0 amide bonds. The first kappa shape index (κ1) is 13.7. The Balaban J connectivity index is 0.00000144. The van der Waals surface area contributed by atoms with Crippen molar-refractivity contribution in [2.45, 2.75) is 11.8 Å². The first-order valence-corrected chi connectivity index (χ1v) is 4.94. The third-order valence-corrected chi connectivity index (χ3v) is 2.80. The zero-order valence-electron chi connectivity index (χ0n) is 7.14. The second-order valence-electron chi connectivity index (χ2n) is 2.27. The number of hydrogen-bond donors (Lipinski definition) is 0. The molecule has 0 aliphatic rings. The Morgan fingerprint density at radius 1 is 1.54 bits per heavy atom. The molecule has 6 heteroatoms. The smallest absolute Gasteiger partial charge is 0.768 e. The van der Waals surface area contributed by atoms with Crippen LogP contribution in [0.1, 0.15) is 5.56 Å². The van der Waals surface area contributed by atoms with E-state index in [1.165, 1.54) is 6.07 Å². The summed E-state index contributed by atoms with van der Waals surface area (Å²) < 4.78 is 34.1. The van der Waals surface area contributed by atoms with Crippen LogP contribution < -0.4 is 29.6 Å².